The third-order valence-corrected chi connectivity index (χ3v) is 7.27. The first kappa shape index (κ1) is 25.5. The summed E-state index contributed by atoms with van der Waals surface area (Å²) in [6.45, 7) is 0. The first-order valence-corrected chi connectivity index (χ1v) is 12.8. The fourth-order valence-electron chi connectivity index (χ4n) is 5.38. The van der Waals surface area contributed by atoms with Crippen molar-refractivity contribution in [2.75, 3.05) is 5.73 Å². The van der Waals surface area contributed by atoms with Crippen LogP contribution in [0.15, 0.2) is 61.1 Å². The van der Waals surface area contributed by atoms with Crippen LogP contribution in [0.3, 0.4) is 0 Å². The van der Waals surface area contributed by atoms with E-state index in [1.54, 1.807) is 36.5 Å². The van der Waals surface area contributed by atoms with Gasteiger partial charge in [-0.25, -0.2) is 28.7 Å². The Balaban J connectivity index is 1.45. The lowest BCUT2D eigenvalue weighted by Gasteiger charge is -2.13. The minimum atomic E-state index is -1.26. The molecule has 0 radical (unpaired) electrons. The van der Waals surface area contributed by atoms with E-state index in [4.69, 9.17) is 10.7 Å². The monoisotopic (exact) mass is 538 g/mol. The van der Waals surface area contributed by atoms with Crippen LogP contribution in [0.2, 0.25) is 0 Å². The van der Waals surface area contributed by atoms with E-state index in [1.807, 2.05) is 12.1 Å². The summed E-state index contributed by atoms with van der Waals surface area (Å²) in [4.78, 5) is 17.8. The van der Waals surface area contributed by atoms with Crippen LogP contribution in [0, 0.1) is 23.1 Å². The van der Waals surface area contributed by atoms with Crippen molar-refractivity contribution in [2.45, 2.75) is 38.0 Å². The second-order valence-corrected chi connectivity index (χ2v) is 9.92. The van der Waals surface area contributed by atoms with Crippen LogP contribution in [0.25, 0.3) is 28.2 Å². The van der Waals surface area contributed by atoms with Gasteiger partial charge in [-0.3, -0.25) is 0 Å². The molecule has 1 saturated carbocycles. The molecule has 3 N–H and O–H groups in total. The Bertz CT molecular complexity index is 1740. The van der Waals surface area contributed by atoms with Crippen LogP contribution in [-0.2, 0) is 12.8 Å². The second kappa shape index (κ2) is 10.4. The zero-order valence-corrected chi connectivity index (χ0v) is 21.2. The van der Waals surface area contributed by atoms with Crippen molar-refractivity contribution >= 4 is 11.6 Å². The lowest BCUT2D eigenvalue weighted by Crippen LogP contribution is -2.12. The van der Waals surface area contributed by atoms with E-state index in [1.165, 1.54) is 16.9 Å². The number of benzene rings is 2. The van der Waals surface area contributed by atoms with Crippen LogP contribution in [-0.4, -0.2) is 46.9 Å². The Morgan fingerprint density at radius 3 is 2.73 bits per heavy atom. The summed E-state index contributed by atoms with van der Waals surface area (Å²) in [5.74, 6) is -0.127. The number of aliphatic hydroxyl groups is 1. The molecular formula is C29H24F2N8O. The van der Waals surface area contributed by atoms with Crippen LogP contribution in [0.1, 0.15) is 35.4 Å². The molecule has 1 fully saturated rings. The van der Waals surface area contributed by atoms with Crippen LogP contribution >= 0.6 is 0 Å². The largest absolute Gasteiger partial charge is 0.390 e. The van der Waals surface area contributed by atoms with E-state index in [0.717, 1.165) is 5.56 Å². The summed E-state index contributed by atoms with van der Waals surface area (Å²) in [6.07, 6.45) is 1.83. The molecule has 3 heterocycles. The van der Waals surface area contributed by atoms with Crippen LogP contribution in [0.5, 0.6) is 0 Å². The Morgan fingerprint density at radius 2 is 1.98 bits per heavy atom. The summed E-state index contributed by atoms with van der Waals surface area (Å²) in [5.41, 5.74) is 10.5. The number of rotatable bonds is 6. The third kappa shape index (κ3) is 4.74. The van der Waals surface area contributed by atoms with Crippen molar-refractivity contribution in [3.8, 4) is 28.6 Å². The molecule has 0 spiro atoms. The summed E-state index contributed by atoms with van der Waals surface area (Å²) in [7, 11) is 0. The molecule has 0 aliphatic heterocycles. The molecule has 0 amide bonds. The van der Waals surface area contributed by atoms with Gasteiger partial charge in [0.05, 0.1) is 34.7 Å². The third-order valence-electron chi connectivity index (χ3n) is 7.27. The minimum absolute atomic E-state index is 0.0617. The first-order chi connectivity index (χ1) is 19.4. The maximum atomic E-state index is 15.1. The van der Waals surface area contributed by atoms with Gasteiger partial charge in [-0.05, 0) is 60.6 Å². The highest BCUT2D eigenvalue weighted by Crippen LogP contribution is 2.35. The van der Waals surface area contributed by atoms with Gasteiger partial charge in [0.2, 0.25) is 5.95 Å². The zero-order chi connectivity index (χ0) is 27.8. The Morgan fingerprint density at radius 1 is 1.12 bits per heavy atom. The lowest BCUT2D eigenvalue weighted by atomic mass is 9.92. The molecule has 11 heteroatoms. The van der Waals surface area contributed by atoms with Gasteiger partial charge in [0.15, 0.2) is 11.5 Å². The number of alkyl halides is 1. The number of nitrogen functional groups attached to an aromatic ring is 1. The van der Waals surface area contributed by atoms with E-state index >= 15 is 4.39 Å². The number of anilines is 1. The Labute approximate surface area is 228 Å². The molecule has 5 aromatic rings. The molecule has 200 valence electrons. The molecule has 0 bridgehead atoms. The maximum Gasteiger partial charge on any atom is 0.223 e. The Hall–Kier alpha value is -4.82. The number of nitrogens with zero attached hydrogens (tertiary/aromatic N) is 7. The average Bonchev–Trinajstić information content (AvgIpc) is 3.53. The predicted molar refractivity (Wildman–Crippen MR) is 143 cm³/mol. The highest BCUT2D eigenvalue weighted by Gasteiger charge is 2.33. The normalized spacial score (nSPS) is 18.7. The van der Waals surface area contributed by atoms with Gasteiger partial charge < -0.3 is 10.8 Å². The van der Waals surface area contributed by atoms with E-state index in [2.05, 4.69) is 26.1 Å². The van der Waals surface area contributed by atoms with Gasteiger partial charge in [-0.15, -0.1) is 5.10 Å². The topological polar surface area (TPSA) is 139 Å². The molecule has 1 aliphatic rings. The fourth-order valence-corrected chi connectivity index (χ4v) is 5.38. The van der Waals surface area contributed by atoms with Gasteiger partial charge in [-0.2, -0.15) is 9.78 Å². The van der Waals surface area contributed by atoms with E-state index < -0.39 is 18.1 Å². The van der Waals surface area contributed by atoms with Crippen molar-refractivity contribution in [3.05, 3.63) is 89.4 Å². The molecule has 0 saturated heterocycles. The van der Waals surface area contributed by atoms with Crippen LogP contribution < -0.4 is 5.73 Å². The molecule has 6 rings (SSSR count). The number of nitriles is 1. The fraction of sp³-hybridized carbons (Fsp3) is 0.241. The van der Waals surface area contributed by atoms with Crippen molar-refractivity contribution in [1.82, 2.24) is 29.5 Å². The van der Waals surface area contributed by atoms with Crippen LogP contribution in [0.4, 0.5) is 14.7 Å². The SMILES string of the molecule is N#Cc1cccc(-c2nc(N)n3nc(Cc4c(F)cccc4CC4C[C@@H](O)[C@H](F)C4)nc3c2-c2ccncn2)c1. The van der Waals surface area contributed by atoms with Crippen molar-refractivity contribution in [2.24, 2.45) is 5.92 Å². The van der Waals surface area contributed by atoms with Gasteiger partial charge in [-0.1, -0.05) is 24.3 Å². The first-order valence-electron chi connectivity index (χ1n) is 12.8. The van der Waals surface area contributed by atoms with Gasteiger partial charge >= 0.3 is 0 Å². The lowest BCUT2D eigenvalue weighted by molar-refractivity contribution is 0.103. The number of hydrogen-bond donors (Lipinski definition) is 2. The summed E-state index contributed by atoms with van der Waals surface area (Å²) >= 11 is 0. The minimum Gasteiger partial charge on any atom is -0.390 e. The number of aliphatic hydroxyl groups excluding tert-OH is 1. The highest BCUT2D eigenvalue weighted by atomic mass is 19.1. The number of fused-ring (bicyclic) bond motifs is 1. The van der Waals surface area contributed by atoms with Gasteiger partial charge in [0, 0.05) is 18.2 Å². The number of aromatic nitrogens is 6. The van der Waals surface area contributed by atoms with E-state index in [9.17, 15) is 14.8 Å². The van der Waals surface area contributed by atoms with Gasteiger partial charge in [0.1, 0.15) is 18.3 Å². The molecule has 9 nitrogen and oxygen atoms in total. The standard InChI is InChI=1S/C29H24F2N8O/c30-21-6-2-4-18(10-17-11-22(31)24(40)12-17)20(21)13-25-36-28-26(23-7-8-34-15-35-23)27(37-29(33)39(28)38-25)19-5-1-3-16(9-19)14-32/h1-9,15,17,22,24,40H,10-13H2,(H2,33,37)/t17?,22-,24-/m1/s1. The summed E-state index contributed by atoms with van der Waals surface area (Å²) in [6, 6.07) is 15.6. The predicted octanol–water partition coefficient (Wildman–Crippen LogP) is 4.08. The van der Waals surface area contributed by atoms with Gasteiger partial charge in [0.25, 0.3) is 0 Å². The molecule has 1 unspecified atom stereocenters. The summed E-state index contributed by atoms with van der Waals surface area (Å²) < 4.78 is 30.5. The van der Waals surface area contributed by atoms with Crippen molar-refractivity contribution < 1.29 is 13.9 Å². The molecular weight excluding hydrogens is 514 g/mol. The molecule has 2 aromatic carbocycles. The molecule has 40 heavy (non-hydrogen) atoms. The highest BCUT2D eigenvalue weighted by molar-refractivity contribution is 5.89. The number of hydrogen-bond acceptors (Lipinski definition) is 8. The van der Waals surface area contributed by atoms with Crippen molar-refractivity contribution in [3.63, 3.8) is 0 Å². The van der Waals surface area contributed by atoms with Crippen molar-refractivity contribution in [1.29, 1.82) is 5.26 Å². The average molecular weight is 539 g/mol. The molecule has 1 aliphatic carbocycles. The molecule has 3 atom stereocenters. The quantitative estimate of drug-likeness (QED) is 0.330. The number of nitrogens with two attached hydrogens (primary N) is 1. The molecule has 3 aromatic heterocycles. The van der Waals surface area contributed by atoms with E-state index in [-0.39, 0.29) is 24.7 Å². The zero-order valence-electron chi connectivity index (χ0n) is 21.2. The number of halogens is 2. The smallest absolute Gasteiger partial charge is 0.223 e. The second-order valence-electron chi connectivity index (χ2n) is 9.92. The summed E-state index contributed by atoms with van der Waals surface area (Å²) in [5, 5.41) is 23.8. The Kier molecular flexibility index (Phi) is 6.61. The van der Waals surface area contributed by atoms with E-state index in [0.29, 0.717) is 58.0 Å². The maximum absolute atomic E-state index is 15.1.